The fraction of sp³-hybridized carbons (Fsp3) is 0.812. The quantitative estimate of drug-likeness (QED) is 0.901. The minimum absolute atomic E-state index is 0.390. The van der Waals surface area contributed by atoms with E-state index in [-0.39, 0.29) is 0 Å². The lowest BCUT2D eigenvalue weighted by Crippen LogP contribution is -2.40. The third kappa shape index (κ3) is 2.19. The van der Waals surface area contributed by atoms with Gasteiger partial charge in [0.05, 0.1) is 11.4 Å². The molecule has 4 heteroatoms. The molecule has 1 saturated carbocycles. The van der Waals surface area contributed by atoms with Crippen LogP contribution in [-0.4, -0.2) is 22.9 Å². The molecule has 0 bridgehead atoms. The predicted octanol–water partition coefficient (Wildman–Crippen LogP) is 3.29. The monoisotopic (exact) mass is 276 g/mol. The molecule has 1 aromatic heterocycles. The second-order valence-corrected chi connectivity index (χ2v) is 7.09. The van der Waals surface area contributed by atoms with Gasteiger partial charge in [0.15, 0.2) is 0 Å². The molecule has 4 nitrogen and oxygen atoms in total. The molecule has 1 saturated heterocycles. The highest BCUT2D eigenvalue weighted by Gasteiger charge is 2.38. The topological polar surface area (TPSA) is 47.1 Å². The normalized spacial score (nSPS) is 22.1. The Morgan fingerprint density at radius 1 is 1.10 bits per heavy atom. The van der Waals surface area contributed by atoms with Gasteiger partial charge in [0.2, 0.25) is 0 Å². The number of hydrogen-bond acceptors (Lipinski definition) is 3. The Kier molecular flexibility index (Phi) is 3.43. The zero-order chi connectivity index (χ0) is 14.3. The van der Waals surface area contributed by atoms with E-state index in [4.69, 9.17) is 5.73 Å². The van der Waals surface area contributed by atoms with Crippen molar-refractivity contribution in [3.63, 3.8) is 0 Å². The summed E-state index contributed by atoms with van der Waals surface area (Å²) in [6, 6.07) is 0. The number of aromatic nitrogens is 2. The molecule has 1 aliphatic heterocycles. The zero-order valence-corrected chi connectivity index (χ0v) is 13.2. The molecule has 112 valence electrons. The van der Waals surface area contributed by atoms with E-state index in [1.165, 1.54) is 38.5 Å². The molecule has 0 amide bonds. The van der Waals surface area contributed by atoms with Crippen LogP contribution in [0.15, 0.2) is 0 Å². The van der Waals surface area contributed by atoms with Crippen LogP contribution >= 0.6 is 0 Å². The predicted molar refractivity (Wildman–Crippen MR) is 84.1 cm³/mol. The molecule has 0 unspecified atom stereocenters. The van der Waals surface area contributed by atoms with Crippen molar-refractivity contribution in [3.8, 4) is 0 Å². The van der Waals surface area contributed by atoms with Crippen LogP contribution in [0.3, 0.4) is 0 Å². The molecule has 1 aromatic rings. The summed E-state index contributed by atoms with van der Waals surface area (Å²) in [4.78, 5) is 2.46. The van der Waals surface area contributed by atoms with Gasteiger partial charge in [-0.1, -0.05) is 26.7 Å². The third-order valence-corrected chi connectivity index (χ3v) is 5.42. The lowest BCUT2D eigenvalue weighted by molar-refractivity contribution is 0.225. The van der Waals surface area contributed by atoms with Crippen molar-refractivity contribution in [1.82, 2.24) is 9.78 Å². The van der Waals surface area contributed by atoms with Gasteiger partial charge in [-0.2, -0.15) is 5.10 Å². The summed E-state index contributed by atoms with van der Waals surface area (Å²) in [5, 5.41) is 4.62. The van der Waals surface area contributed by atoms with Crippen molar-refractivity contribution in [2.24, 2.45) is 12.5 Å². The molecule has 1 spiro atoms. The van der Waals surface area contributed by atoms with Gasteiger partial charge in [0, 0.05) is 20.1 Å². The number of nitrogens with zero attached hydrogens (tertiary/aromatic N) is 3. The first kappa shape index (κ1) is 13.8. The Hall–Kier alpha value is -1.19. The SMILES string of the molecule is CC(C)c1nn(C)c(N2CCC3(CCCC3)CC2)c1N. The maximum absolute atomic E-state index is 6.36. The van der Waals surface area contributed by atoms with Crippen LogP contribution in [0.1, 0.15) is 64.0 Å². The van der Waals surface area contributed by atoms with E-state index >= 15 is 0 Å². The molecule has 2 fully saturated rings. The Bertz CT molecular complexity index is 473. The van der Waals surface area contributed by atoms with Crippen LogP contribution < -0.4 is 10.6 Å². The van der Waals surface area contributed by atoms with Gasteiger partial charge < -0.3 is 10.6 Å². The van der Waals surface area contributed by atoms with Crippen molar-refractivity contribution in [1.29, 1.82) is 0 Å². The summed E-state index contributed by atoms with van der Waals surface area (Å²) in [7, 11) is 2.03. The number of hydrogen-bond donors (Lipinski definition) is 1. The lowest BCUT2D eigenvalue weighted by Gasteiger charge is -2.40. The van der Waals surface area contributed by atoms with E-state index in [0.717, 1.165) is 30.3 Å². The van der Waals surface area contributed by atoms with E-state index in [1.54, 1.807) is 0 Å². The van der Waals surface area contributed by atoms with E-state index in [9.17, 15) is 0 Å². The highest BCUT2D eigenvalue weighted by Crippen LogP contribution is 2.47. The van der Waals surface area contributed by atoms with Crippen LogP contribution in [-0.2, 0) is 7.05 Å². The Morgan fingerprint density at radius 3 is 2.20 bits per heavy atom. The molecule has 2 aliphatic rings. The molecule has 2 N–H and O–H groups in total. The molecule has 2 heterocycles. The van der Waals surface area contributed by atoms with Crippen molar-refractivity contribution >= 4 is 11.5 Å². The second-order valence-electron chi connectivity index (χ2n) is 7.09. The molecular formula is C16H28N4. The first-order valence-corrected chi connectivity index (χ1v) is 8.10. The Morgan fingerprint density at radius 2 is 1.70 bits per heavy atom. The van der Waals surface area contributed by atoms with Crippen molar-refractivity contribution in [3.05, 3.63) is 5.69 Å². The number of rotatable bonds is 2. The number of anilines is 2. The van der Waals surface area contributed by atoms with E-state index in [1.807, 2.05) is 11.7 Å². The fourth-order valence-corrected chi connectivity index (χ4v) is 4.17. The number of aryl methyl sites for hydroxylation is 1. The number of nitrogens with two attached hydrogens (primary N) is 1. The summed E-state index contributed by atoms with van der Waals surface area (Å²) in [6.07, 6.45) is 8.41. The summed E-state index contributed by atoms with van der Waals surface area (Å²) in [5.41, 5.74) is 8.95. The van der Waals surface area contributed by atoms with Crippen LogP contribution in [0.25, 0.3) is 0 Å². The number of nitrogen functional groups attached to an aromatic ring is 1. The van der Waals surface area contributed by atoms with Gasteiger partial charge in [-0.25, -0.2) is 0 Å². The van der Waals surface area contributed by atoms with Gasteiger partial charge >= 0.3 is 0 Å². The third-order valence-electron chi connectivity index (χ3n) is 5.42. The second kappa shape index (κ2) is 4.97. The van der Waals surface area contributed by atoms with Crippen molar-refractivity contribution in [2.75, 3.05) is 23.7 Å². The fourth-order valence-electron chi connectivity index (χ4n) is 4.17. The lowest BCUT2D eigenvalue weighted by atomic mass is 9.77. The highest BCUT2D eigenvalue weighted by atomic mass is 15.4. The summed E-state index contributed by atoms with van der Waals surface area (Å²) >= 11 is 0. The van der Waals surface area contributed by atoms with Crippen LogP contribution in [0.4, 0.5) is 11.5 Å². The smallest absolute Gasteiger partial charge is 0.150 e. The average molecular weight is 276 g/mol. The van der Waals surface area contributed by atoms with E-state index < -0.39 is 0 Å². The summed E-state index contributed by atoms with van der Waals surface area (Å²) < 4.78 is 1.98. The van der Waals surface area contributed by atoms with Gasteiger partial charge in [-0.15, -0.1) is 0 Å². The molecule has 0 aromatic carbocycles. The van der Waals surface area contributed by atoms with Gasteiger partial charge in [-0.05, 0) is 37.0 Å². The maximum Gasteiger partial charge on any atom is 0.150 e. The first-order chi connectivity index (χ1) is 9.52. The molecule has 0 radical (unpaired) electrons. The first-order valence-electron chi connectivity index (χ1n) is 8.10. The van der Waals surface area contributed by atoms with Crippen molar-refractivity contribution in [2.45, 2.75) is 58.3 Å². The van der Waals surface area contributed by atoms with Crippen molar-refractivity contribution < 1.29 is 0 Å². The number of piperidine rings is 1. The summed E-state index contributed by atoms with van der Waals surface area (Å²) in [5.74, 6) is 1.53. The zero-order valence-electron chi connectivity index (χ0n) is 13.2. The van der Waals surface area contributed by atoms with Gasteiger partial charge in [0.1, 0.15) is 5.82 Å². The minimum atomic E-state index is 0.390. The van der Waals surface area contributed by atoms with E-state index in [2.05, 4.69) is 23.8 Å². The molecule has 20 heavy (non-hydrogen) atoms. The molecular weight excluding hydrogens is 248 g/mol. The largest absolute Gasteiger partial charge is 0.394 e. The highest BCUT2D eigenvalue weighted by molar-refractivity contribution is 5.67. The van der Waals surface area contributed by atoms with Gasteiger partial charge in [-0.3, -0.25) is 4.68 Å². The van der Waals surface area contributed by atoms with Crippen LogP contribution in [0.5, 0.6) is 0 Å². The summed E-state index contributed by atoms with van der Waals surface area (Å²) in [6.45, 7) is 6.60. The average Bonchev–Trinajstić information content (AvgIpc) is 2.97. The molecule has 1 aliphatic carbocycles. The molecule has 0 atom stereocenters. The maximum atomic E-state index is 6.36. The van der Waals surface area contributed by atoms with Crippen LogP contribution in [0.2, 0.25) is 0 Å². The standard InChI is InChI=1S/C16H28N4/c1-12(2)14-13(17)15(19(3)18-14)20-10-8-16(9-11-20)6-4-5-7-16/h12H,4-11,17H2,1-3H3. The van der Waals surface area contributed by atoms with E-state index in [0.29, 0.717) is 11.3 Å². The Labute approximate surface area is 122 Å². The van der Waals surface area contributed by atoms with Crippen LogP contribution in [0, 0.1) is 5.41 Å². The molecule has 3 rings (SSSR count). The minimum Gasteiger partial charge on any atom is -0.394 e. The Balaban J connectivity index is 1.78. The van der Waals surface area contributed by atoms with Gasteiger partial charge in [0.25, 0.3) is 0 Å².